The second-order valence-electron chi connectivity index (χ2n) is 5.34. The van der Waals surface area contributed by atoms with Crippen LogP contribution < -0.4 is 16.4 Å². The van der Waals surface area contributed by atoms with E-state index >= 15 is 0 Å². The third-order valence-electron chi connectivity index (χ3n) is 3.49. The number of carbonyl (C=O) groups is 1. The summed E-state index contributed by atoms with van der Waals surface area (Å²) in [5.41, 5.74) is 7.97. The van der Waals surface area contributed by atoms with Gasteiger partial charge in [-0.2, -0.15) is 0 Å². The van der Waals surface area contributed by atoms with Gasteiger partial charge in [0.25, 0.3) is 0 Å². The highest BCUT2D eigenvalue weighted by molar-refractivity contribution is 7.80. The van der Waals surface area contributed by atoms with Gasteiger partial charge >= 0.3 is 6.09 Å². The van der Waals surface area contributed by atoms with E-state index in [1.165, 1.54) is 0 Å². The third-order valence-corrected chi connectivity index (χ3v) is 3.63. The molecule has 0 bridgehead atoms. The fraction of sp³-hybridized carbons (Fsp3) is 0.400. The minimum absolute atomic E-state index is 0.395. The van der Waals surface area contributed by atoms with Crippen molar-refractivity contribution in [3.05, 3.63) is 24.0 Å². The molecule has 0 aliphatic rings. The van der Waals surface area contributed by atoms with Gasteiger partial charge in [0, 0.05) is 6.54 Å². The van der Waals surface area contributed by atoms with Crippen molar-refractivity contribution in [1.82, 2.24) is 20.6 Å². The number of carboxylic acid groups (broad SMARTS) is 1. The lowest BCUT2D eigenvalue weighted by Crippen LogP contribution is -2.28. The van der Waals surface area contributed by atoms with Crippen molar-refractivity contribution in [1.29, 1.82) is 0 Å². The number of nitrogens with zero attached hydrogens (tertiary/aromatic N) is 1. The minimum atomic E-state index is -1.07. The summed E-state index contributed by atoms with van der Waals surface area (Å²) in [4.78, 5) is 19.4. The Morgan fingerprint density at radius 2 is 2.26 bits per heavy atom. The smallest absolute Gasteiger partial charge is 0.405 e. The molecular formula is C15H21N5O2S. The van der Waals surface area contributed by atoms with Crippen molar-refractivity contribution in [2.45, 2.75) is 32.2 Å². The number of imidazole rings is 1. The number of fused-ring (bicyclic) bond motifs is 1. The van der Waals surface area contributed by atoms with Crippen LogP contribution >= 0.6 is 12.2 Å². The molecule has 2 rings (SSSR count). The molecule has 0 saturated heterocycles. The lowest BCUT2D eigenvalue weighted by molar-refractivity contribution is 0.188. The first-order valence-electron chi connectivity index (χ1n) is 7.45. The highest BCUT2D eigenvalue weighted by Crippen LogP contribution is 2.23. The monoisotopic (exact) mass is 335 g/mol. The standard InChI is InChI=1S/C15H21N5O2S/c1-9(23)17-8-3-2-6-12(19-15(21)22)14-18-11-7-4-5-10(16)13(11)20-14/h4-5,7,12,19H,2-3,6,8,16H2,1H3,(H,17,23)(H,18,20)(H,21,22). The lowest BCUT2D eigenvalue weighted by Gasteiger charge is -2.14. The lowest BCUT2D eigenvalue weighted by atomic mass is 10.1. The summed E-state index contributed by atoms with van der Waals surface area (Å²) < 4.78 is 0. The summed E-state index contributed by atoms with van der Waals surface area (Å²) >= 11 is 4.95. The Bertz CT molecular complexity index is 700. The molecule has 0 aliphatic carbocycles. The number of nitrogens with one attached hydrogen (secondary N) is 3. The van der Waals surface area contributed by atoms with Crippen LogP contribution in [0.4, 0.5) is 10.5 Å². The molecule has 0 spiro atoms. The second kappa shape index (κ2) is 7.77. The zero-order valence-corrected chi connectivity index (χ0v) is 13.7. The molecule has 1 unspecified atom stereocenters. The summed E-state index contributed by atoms with van der Waals surface area (Å²) in [7, 11) is 0. The molecule has 124 valence electrons. The number of aromatic amines is 1. The van der Waals surface area contributed by atoms with Gasteiger partial charge in [0.05, 0.1) is 27.8 Å². The SMILES string of the molecule is CC(=S)NCCCCC(NC(=O)O)c1nc2cccc(N)c2[nH]1. The van der Waals surface area contributed by atoms with Crippen LogP contribution in [0.3, 0.4) is 0 Å². The number of hydrogen-bond acceptors (Lipinski definition) is 4. The van der Waals surface area contributed by atoms with E-state index in [1.807, 2.05) is 19.1 Å². The van der Waals surface area contributed by atoms with Crippen molar-refractivity contribution in [3.63, 3.8) is 0 Å². The number of H-pyrrole nitrogens is 1. The largest absolute Gasteiger partial charge is 0.465 e. The van der Waals surface area contributed by atoms with Crippen molar-refractivity contribution < 1.29 is 9.90 Å². The predicted octanol–water partition coefficient (Wildman–Crippen LogP) is 2.56. The van der Waals surface area contributed by atoms with Crippen molar-refractivity contribution in [3.8, 4) is 0 Å². The number of amides is 1. The molecule has 1 heterocycles. The van der Waals surface area contributed by atoms with Crippen LogP contribution in [0.1, 0.15) is 38.1 Å². The first-order chi connectivity index (χ1) is 11.0. The van der Waals surface area contributed by atoms with Crippen molar-refractivity contribution >= 4 is 40.0 Å². The average Bonchev–Trinajstić information content (AvgIpc) is 2.90. The van der Waals surface area contributed by atoms with Crippen molar-refractivity contribution in [2.75, 3.05) is 12.3 Å². The molecule has 1 amide bonds. The Morgan fingerprint density at radius 3 is 2.91 bits per heavy atom. The van der Waals surface area contributed by atoms with E-state index in [0.717, 1.165) is 35.4 Å². The first kappa shape index (κ1) is 17.0. The normalized spacial score (nSPS) is 12.0. The number of rotatable bonds is 7. The van der Waals surface area contributed by atoms with Gasteiger partial charge in [-0.15, -0.1) is 0 Å². The Kier molecular flexibility index (Phi) is 5.75. The van der Waals surface area contributed by atoms with Crippen LogP contribution in [0.5, 0.6) is 0 Å². The van der Waals surface area contributed by atoms with Gasteiger partial charge in [0.1, 0.15) is 5.82 Å². The van der Waals surface area contributed by atoms with Gasteiger partial charge < -0.3 is 26.5 Å². The highest BCUT2D eigenvalue weighted by atomic mass is 32.1. The molecule has 23 heavy (non-hydrogen) atoms. The van der Waals surface area contributed by atoms with Gasteiger partial charge in [0.2, 0.25) is 0 Å². The summed E-state index contributed by atoms with van der Waals surface area (Å²) in [5.74, 6) is 0.583. The summed E-state index contributed by atoms with van der Waals surface area (Å²) in [6, 6.07) is 5.05. The Hall–Kier alpha value is -2.35. The van der Waals surface area contributed by atoms with Crippen LogP contribution in [0.25, 0.3) is 11.0 Å². The minimum Gasteiger partial charge on any atom is -0.465 e. The van der Waals surface area contributed by atoms with Crippen LogP contribution in [-0.4, -0.2) is 32.7 Å². The number of unbranched alkanes of at least 4 members (excludes halogenated alkanes) is 1. The highest BCUT2D eigenvalue weighted by Gasteiger charge is 2.18. The summed E-state index contributed by atoms with van der Waals surface area (Å²) in [6.45, 7) is 2.62. The number of nitrogens with two attached hydrogens (primary N) is 1. The molecule has 0 saturated carbocycles. The van der Waals surface area contributed by atoms with Crippen LogP contribution in [0, 0.1) is 0 Å². The maximum atomic E-state index is 11.0. The molecule has 1 atom stereocenters. The van der Waals surface area contributed by atoms with Crippen molar-refractivity contribution in [2.24, 2.45) is 0 Å². The molecule has 8 heteroatoms. The van der Waals surface area contributed by atoms with Gasteiger partial charge in [0.15, 0.2) is 0 Å². The van der Waals surface area contributed by atoms with Gasteiger partial charge in [-0.05, 0) is 38.3 Å². The van der Waals surface area contributed by atoms with Gasteiger partial charge in [-0.25, -0.2) is 9.78 Å². The fourth-order valence-corrected chi connectivity index (χ4v) is 2.50. The van der Waals surface area contributed by atoms with E-state index in [9.17, 15) is 4.79 Å². The Labute approximate surface area is 139 Å². The summed E-state index contributed by atoms with van der Waals surface area (Å²) in [6.07, 6.45) is 1.31. The van der Waals surface area contributed by atoms with Gasteiger partial charge in [-0.3, -0.25) is 0 Å². The van der Waals surface area contributed by atoms with Gasteiger partial charge in [-0.1, -0.05) is 18.3 Å². The van der Waals surface area contributed by atoms with E-state index in [1.54, 1.807) is 6.07 Å². The number of thiocarbonyl (C=S) groups is 1. The van der Waals surface area contributed by atoms with Crippen LogP contribution in [0.15, 0.2) is 18.2 Å². The number of para-hydroxylation sites is 1. The zero-order valence-electron chi connectivity index (χ0n) is 12.9. The van der Waals surface area contributed by atoms with E-state index in [4.69, 9.17) is 23.1 Å². The fourth-order valence-electron chi connectivity index (χ4n) is 2.40. The Balaban J connectivity index is 2.05. The first-order valence-corrected chi connectivity index (χ1v) is 7.86. The molecule has 7 nitrogen and oxygen atoms in total. The molecule has 6 N–H and O–H groups in total. The molecule has 0 aliphatic heterocycles. The molecule has 1 aromatic heterocycles. The van der Waals surface area contributed by atoms with Crippen LogP contribution in [-0.2, 0) is 0 Å². The van der Waals surface area contributed by atoms with E-state index in [2.05, 4.69) is 20.6 Å². The topological polar surface area (TPSA) is 116 Å². The summed E-state index contributed by atoms with van der Waals surface area (Å²) in [5, 5.41) is 14.6. The van der Waals surface area contributed by atoms with E-state index in [-0.39, 0.29) is 0 Å². The maximum absolute atomic E-state index is 11.0. The molecule has 1 aromatic carbocycles. The number of anilines is 1. The van der Waals surface area contributed by atoms with Crippen LogP contribution in [0.2, 0.25) is 0 Å². The number of aromatic nitrogens is 2. The number of benzene rings is 1. The maximum Gasteiger partial charge on any atom is 0.405 e. The third kappa shape index (κ3) is 4.82. The van der Waals surface area contributed by atoms with E-state index in [0.29, 0.717) is 17.9 Å². The Morgan fingerprint density at radius 1 is 1.48 bits per heavy atom. The number of hydrogen-bond donors (Lipinski definition) is 5. The van der Waals surface area contributed by atoms with E-state index < -0.39 is 12.1 Å². The average molecular weight is 335 g/mol. The predicted molar refractivity (Wildman–Crippen MR) is 94.5 cm³/mol. The molecule has 0 fully saturated rings. The zero-order chi connectivity index (χ0) is 16.8. The molecular weight excluding hydrogens is 314 g/mol. The second-order valence-corrected chi connectivity index (χ2v) is 5.96. The quantitative estimate of drug-likeness (QED) is 0.302. The molecule has 0 radical (unpaired) electrons. The number of nitrogen functional groups attached to an aromatic ring is 1. The molecule has 2 aromatic rings.